The number of nitrogens with zero attached hydrogens (tertiary/aromatic N) is 1. The highest BCUT2D eigenvalue weighted by Gasteiger charge is 2.28. The largest absolute Gasteiger partial charge is 0.477 e. The van der Waals surface area contributed by atoms with E-state index in [0.717, 1.165) is 0 Å². The molecule has 0 radical (unpaired) electrons. The number of benzene rings is 2. The van der Waals surface area contributed by atoms with Gasteiger partial charge in [0, 0.05) is 30.6 Å². The van der Waals surface area contributed by atoms with Crippen LogP contribution in [0.4, 0.5) is 4.79 Å². The zero-order valence-electron chi connectivity index (χ0n) is 16.7. The summed E-state index contributed by atoms with van der Waals surface area (Å²) < 4.78 is 5.48. The molecule has 0 bridgehead atoms. The molecule has 0 saturated heterocycles. The van der Waals surface area contributed by atoms with Gasteiger partial charge in [-0.1, -0.05) is 60.4 Å². The van der Waals surface area contributed by atoms with E-state index < -0.39 is 12.1 Å². The smallest absolute Gasteiger partial charge is 0.407 e. The molecule has 1 aromatic heterocycles. The van der Waals surface area contributed by atoms with E-state index >= 15 is 0 Å². The van der Waals surface area contributed by atoms with Crippen LogP contribution in [0.5, 0.6) is 0 Å². The predicted octanol–water partition coefficient (Wildman–Crippen LogP) is 4.06. The first kappa shape index (κ1) is 20.2. The quantitative estimate of drug-likeness (QED) is 0.487. The van der Waals surface area contributed by atoms with Crippen molar-refractivity contribution in [2.24, 2.45) is 0 Å². The van der Waals surface area contributed by atoms with Gasteiger partial charge in [0.15, 0.2) is 0 Å². The number of alkyl carbamates (subject to hydrolysis) is 1. The van der Waals surface area contributed by atoms with Crippen molar-refractivity contribution in [1.82, 2.24) is 10.3 Å². The van der Waals surface area contributed by atoms with Crippen LogP contribution in [-0.4, -0.2) is 35.3 Å². The van der Waals surface area contributed by atoms with E-state index in [1.807, 2.05) is 24.3 Å². The summed E-state index contributed by atoms with van der Waals surface area (Å²) in [6.45, 7) is 0.622. The lowest BCUT2D eigenvalue weighted by atomic mass is 9.98. The normalized spacial score (nSPS) is 11.6. The van der Waals surface area contributed by atoms with Gasteiger partial charge in [-0.3, -0.25) is 0 Å². The number of carboxylic acids is 1. The van der Waals surface area contributed by atoms with E-state index in [-0.39, 0.29) is 18.2 Å². The maximum absolute atomic E-state index is 12.1. The number of nitrogens with one attached hydrogen (secondary N) is 1. The van der Waals surface area contributed by atoms with Gasteiger partial charge in [0.1, 0.15) is 12.3 Å². The van der Waals surface area contributed by atoms with Gasteiger partial charge in [0.05, 0.1) is 0 Å². The van der Waals surface area contributed by atoms with E-state index in [1.54, 1.807) is 6.07 Å². The Balaban J connectivity index is 1.27. The van der Waals surface area contributed by atoms with Crippen LogP contribution in [0.25, 0.3) is 11.1 Å². The van der Waals surface area contributed by atoms with Crippen LogP contribution < -0.4 is 5.32 Å². The Hall–Kier alpha value is -4.11. The molecule has 154 valence electrons. The van der Waals surface area contributed by atoms with Crippen LogP contribution >= 0.6 is 0 Å². The van der Waals surface area contributed by atoms with E-state index in [9.17, 15) is 9.59 Å². The number of rotatable bonds is 5. The van der Waals surface area contributed by atoms with Gasteiger partial charge in [-0.05, 0) is 34.4 Å². The summed E-state index contributed by atoms with van der Waals surface area (Å²) in [7, 11) is 0. The van der Waals surface area contributed by atoms with Crippen LogP contribution in [0.1, 0.15) is 39.5 Å². The number of carbonyl (C=O) groups is 2. The first-order valence-corrected chi connectivity index (χ1v) is 9.90. The highest BCUT2D eigenvalue weighted by atomic mass is 16.5. The highest BCUT2D eigenvalue weighted by Crippen LogP contribution is 2.44. The monoisotopic (exact) mass is 412 g/mol. The summed E-state index contributed by atoms with van der Waals surface area (Å²) in [5.74, 6) is 4.76. The average Bonchev–Trinajstić information content (AvgIpc) is 3.11. The lowest BCUT2D eigenvalue weighted by Crippen LogP contribution is -2.26. The number of ether oxygens (including phenoxy) is 1. The number of hydrogen-bond donors (Lipinski definition) is 2. The summed E-state index contributed by atoms with van der Waals surface area (Å²) in [4.78, 5) is 26.7. The fourth-order valence-electron chi connectivity index (χ4n) is 3.64. The highest BCUT2D eigenvalue weighted by molar-refractivity contribution is 5.85. The first-order chi connectivity index (χ1) is 15.1. The number of hydrogen-bond acceptors (Lipinski definition) is 4. The molecule has 0 unspecified atom stereocenters. The zero-order valence-corrected chi connectivity index (χ0v) is 16.7. The van der Waals surface area contributed by atoms with E-state index in [2.05, 4.69) is 46.4 Å². The van der Waals surface area contributed by atoms with Crippen molar-refractivity contribution < 1.29 is 19.4 Å². The Morgan fingerprint density at radius 3 is 2.29 bits per heavy atom. The maximum Gasteiger partial charge on any atom is 0.407 e. The minimum absolute atomic E-state index is 0.0255. The van der Waals surface area contributed by atoms with Gasteiger partial charge < -0.3 is 15.2 Å². The van der Waals surface area contributed by atoms with Crippen molar-refractivity contribution in [3.63, 3.8) is 0 Å². The molecule has 2 N–H and O–H groups in total. The summed E-state index contributed by atoms with van der Waals surface area (Å²) in [6, 6.07) is 19.4. The van der Waals surface area contributed by atoms with Crippen molar-refractivity contribution in [1.29, 1.82) is 0 Å². The fourth-order valence-corrected chi connectivity index (χ4v) is 3.64. The van der Waals surface area contributed by atoms with Gasteiger partial charge in [-0.2, -0.15) is 0 Å². The number of aromatic carboxylic acids is 1. The second kappa shape index (κ2) is 9.14. The van der Waals surface area contributed by atoms with Gasteiger partial charge in [0.25, 0.3) is 0 Å². The molecule has 0 spiro atoms. The predicted molar refractivity (Wildman–Crippen MR) is 116 cm³/mol. The number of carboxylic acid groups (broad SMARTS) is 1. The molecule has 2 aromatic carbocycles. The lowest BCUT2D eigenvalue weighted by molar-refractivity contribution is 0.0690. The molecule has 6 nitrogen and oxygen atoms in total. The molecule has 4 rings (SSSR count). The topological polar surface area (TPSA) is 88.5 Å². The first-order valence-electron chi connectivity index (χ1n) is 9.90. The Morgan fingerprint density at radius 1 is 1.00 bits per heavy atom. The summed E-state index contributed by atoms with van der Waals surface area (Å²) in [6.07, 6.45) is 1.37. The third-order valence-electron chi connectivity index (χ3n) is 5.08. The van der Waals surface area contributed by atoms with Crippen molar-refractivity contribution in [3.05, 3.63) is 89.2 Å². The third kappa shape index (κ3) is 4.57. The average molecular weight is 412 g/mol. The number of fused-ring (bicyclic) bond motifs is 3. The van der Waals surface area contributed by atoms with Crippen molar-refractivity contribution in [2.45, 2.75) is 12.3 Å². The second-order valence-electron chi connectivity index (χ2n) is 7.04. The Labute approximate surface area is 179 Å². The zero-order chi connectivity index (χ0) is 21.6. The lowest BCUT2D eigenvalue weighted by Gasteiger charge is -2.14. The van der Waals surface area contributed by atoms with E-state index in [4.69, 9.17) is 9.84 Å². The molecule has 0 aliphatic heterocycles. The van der Waals surface area contributed by atoms with Crippen molar-refractivity contribution in [3.8, 4) is 23.0 Å². The van der Waals surface area contributed by atoms with Gasteiger partial charge in [-0.15, -0.1) is 0 Å². The van der Waals surface area contributed by atoms with Crippen LogP contribution in [0, 0.1) is 11.8 Å². The molecule has 3 aromatic rings. The summed E-state index contributed by atoms with van der Waals surface area (Å²) in [5.41, 5.74) is 5.31. The van der Waals surface area contributed by atoms with Crippen molar-refractivity contribution >= 4 is 12.1 Å². The minimum Gasteiger partial charge on any atom is -0.477 e. The number of carbonyl (C=O) groups excluding carboxylic acids is 1. The second-order valence-corrected chi connectivity index (χ2v) is 7.04. The fraction of sp³-hybridized carbons (Fsp3) is 0.160. The Bertz CT molecular complexity index is 1130. The molecular weight excluding hydrogens is 392 g/mol. The molecular formula is C25H20N2O4. The minimum atomic E-state index is -1.08. The molecule has 31 heavy (non-hydrogen) atoms. The van der Waals surface area contributed by atoms with Gasteiger partial charge in [0.2, 0.25) is 0 Å². The van der Waals surface area contributed by atoms with E-state index in [1.165, 1.54) is 34.5 Å². The molecule has 0 fully saturated rings. The molecule has 1 amide bonds. The standard InChI is InChI=1S/C25H20N2O4/c28-24(29)23-13-12-17(15-27-23)7-5-6-14-26-25(30)31-16-22-20-10-3-1-8-18(20)19-9-2-4-11-21(19)22/h1-4,8-13,15,22H,6,14,16H2,(H,26,30)(H,28,29). The Kier molecular flexibility index (Phi) is 5.95. The van der Waals surface area contributed by atoms with Gasteiger partial charge in [-0.25, -0.2) is 14.6 Å². The molecule has 6 heteroatoms. The van der Waals surface area contributed by atoms with Gasteiger partial charge >= 0.3 is 12.1 Å². The molecule has 0 saturated carbocycles. The number of amides is 1. The Morgan fingerprint density at radius 2 is 1.68 bits per heavy atom. The van der Waals surface area contributed by atoms with Crippen molar-refractivity contribution in [2.75, 3.05) is 13.2 Å². The third-order valence-corrected chi connectivity index (χ3v) is 5.08. The molecule has 1 aliphatic rings. The number of aromatic nitrogens is 1. The maximum atomic E-state index is 12.1. The van der Waals surface area contributed by atoms with E-state index in [0.29, 0.717) is 18.5 Å². The SMILES string of the molecule is O=C(NCCC#Cc1ccc(C(=O)O)nc1)OCC1c2ccccc2-c2ccccc21. The van der Waals surface area contributed by atoms with Crippen LogP contribution in [-0.2, 0) is 4.74 Å². The molecule has 0 atom stereocenters. The molecule has 1 heterocycles. The number of pyridine rings is 1. The van der Waals surface area contributed by atoms with Crippen LogP contribution in [0.15, 0.2) is 66.9 Å². The molecule has 1 aliphatic carbocycles. The van der Waals surface area contributed by atoms with Crippen LogP contribution in [0.3, 0.4) is 0 Å². The summed E-state index contributed by atoms with van der Waals surface area (Å²) in [5, 5.41) is 11.5. The van der Waals surface area contributed by atoms with Crippen LogP contribution in [0.2, 0.25) is 0 Å². The summed E-state index contributed by atoms with van der Waals surface area (Å²) >= 11 is 0.